The topological polar surface area (TPSA) is 42.7 Å². The average Bonchev–Trinajstić information content (AvgIpc) is 2.66. The number of nitrogens with zero attached hydrogens (tertiary/aromatic N) is 3. The predicted octanol–water partition coefficient (Wildman–Crippen LogP) is 2.33. The quantitative estimate of drug-likeness (QED) is 0.941. The number of rotatable bonds is 3. The monoisotopic (exact) mass is 284 g/mol. The maximum atomic E-state index is 13.0. The van der Waals surface area contributed by atoms with E-state index in [4.69, 9.17) is 0 Å². The molecule has 0 aliphatic heterocycles. The molecule has 0 amide bonds. The van der Waals surface area contributed by atoms with Gasteiger partial charge in [-0.1, -0.05) is 0 Å². The molecule has 0 spiro atoms. The molecule has 84 valence electrons. The van der Waals surface area contributed by atoms with Crippen LogP contribution in [0.15, 0.2) is 29.0 Å². The fraction of sp³-hybridized carbons (Fsp3) is 0.200. The van der Waals surface area contributed by atoms with Gasteiger partial charge in [0.25, 0.3) is 0 Å². The summed E-state index contributed by atoms with van der Waals surface area (Å²) in [4.78, 5) is 4.07. The molecule has 1 heterocycles. The highest BCUT2D eigenvalue weighted by atomic mass is 79.9. The Hall–Kier alpha value is -1.43. The third-order valence-electron chi connectivity index (χ3n) is 2.18. The van der Waals surface area contributed by atoms with Gasteiger partial charge in [-0.3, -0.25) is 4.68 Å². The molecule has 0 unspecified atom stereocenters. The van der Waals surface area contributed by atoms with E-state index < -0.39 is 0 Å². The van der Waals surface area contributed by atoms with Gasteiger partial charge < -0.3 is 5.32 Å². The van der Waals surface area contributed by atoms with Crippen LogP contribution in [0.2, 0.25) is 0 Å². The SMILES string of the molecule is Cn1ncnc1CNc1ccc(F)c(Br)c1. The summed E-state index contributed by atoms with van der Waals surface area (Å²) in [5.74, 6) is 0.546. The van der Waals surface area contributed by atoms with Crippen molar-refractivity contribution in [1.29, 1.82) is 0 Å². The lowest BCUT2D eigenvalue weighted by Crippen LogP contribution is -2.06. The maximum Gasteiger partial charge on any atom is 0.145 e. The van der Waals surface area contributed by atoms with Gasteiger partial charge in [0.2, 0.25) is 0 Å². The van der Waals surface area contributed by atoms with Crippen LogP contribution in [0.25, 0.3) is 0 Å². The summed E-state index contributed by atoms with van der Waals surface area (Å²) in [6, 6.07) is 4.77. The molecule has 0 bridgehead atoms. The highest BCUT2D eigenvalue weighted by Crippen LogP contribution is 2.20. The maximum absolute atomic E-state index is 13.0. The lowest BCUT2D eigenvalue weighted by atomic mass is 10.3. The van der Waals surface area contributed by atoms with Crippen LogP contribution < -0.4 is 5.32 Å². The summed E-state index contributed by atoms with van der Waals surface area (Å²) in [5, 5.41) is 7.09. The van der Waals surface area contributed by atoms with Gasteiger partial charge in [0, 0.05) is 12.7 Å². The summed E-state index contributed by atoms with van der Waals surface area (Å²) in [6.45, 7) is 0.550. The number of nitrogens with one attached hydrogen (secondary N) is 1. The summed E-state index contributed by atoms with van der Waals surface area (Å²) in [6.07, 6.45) is 1.50. The van der Waals surface area contributed by atoms with E-state index in [1.165, 1.54) is 12.4 Å². The molecule has 0 aliphatic carbocycles. The van der Waals surface area contributed by atoms with E-state index in [1.54, 1.807) is 16.8 Å². The van der Waals surface area contributed by atoms with Gasteiger partial charge in [0.1, 0.15) is 18.0 Å². The minimum atomic E-state index is -0.274. The fourth-order valence-electron chi connectivity index (χ4n) is 1.27. The minimum absolute atomic E-state index is 0.274. The normalized spacial score (nSPS) is 10.4. The molecule has 4 nitrogen and oxygen atoms in total. The van der Waals surface area contributed by atoms with Crippen LogP contribution in [0, 0.1) is 5.82 Å². The van der Waals surface area contributed by atoms with Crippen molar-refractivity contribution in [2.75, 3.05) is 5.32 Å². The summed E-state index contributed by atoms with van der Waals surface area (Å²) < 4.78 is 15.1. The molecule has 2 rings (SSSR count). The van der Waals surface area contributed by atoms with Crippen molar-refractivity contribution < 1.29 is 4.39 Å². The van der Waals surface area contributed by atoms with Gasteiger partial charge in [0.15, 0.2) is 0 Å². The van der Waals surface area contributed by atoms with Gasteiger partial charge in [0.05, 0.1) is 11.0 Å². The van der Waals surface area contributed by atoms with E-state index in [9.17, 15) is 4.39 Å². The second-order valence-corrected chi connectivity index (χ2v) is 4.14. The summed E-state index contributed by atoms with van der Waals surface area (Å²) in [7, 11) is 1.82. The van der Waals surface area contributed by atoms with Crippen LogP contribution >= 0.6 is 15.9 Å². The molecule has 0 aliphatic rings. The Bertz CT molecular complexity index is 497. The molecule has 16 heavy (non-hydrogen) atoms. The average molecular weight is 285 g/mol. The second kappa shape index (κ2) is 4.61. The van der Waals surface area contributed by atoms with Crippen LogP contribution in [-0.2, 0) is 13.6 Å². The van der Waals surface area contributed by atoms with E-state index in [-0.39, 0.29) is 5.82 Å². The van der Waals surface area contributed by atoms with Crippen molar-refractivity contribution in [2.45, 2.75) is 6.54 Å². The smallest absolute Gasteiger partial charge is 0.145 e. The zero-order chi connectivity index (χ0) is 11.5. The van der Waals surface area contributed by atoms with Gasteiger partial charge >= 0.3 is 0 Å². The number of hydrogen-bond acceptors (Lipinski definition) is 3. The number of aromatic nitrogens is 3. The predicted molar refractivity (Wildman–Crippen MR) is 62.4 cm³/mol. The van der Waals surface area contributed by atoms with Gasteiger partial charge in [-0.05, 0) is 34.1 Å². The Morgan fingerprint density at radius 1 is 1.50 bits per heavy atom. The summed E-state index contributed by atoms with van der Waals surface area (Å²) in [5.41, 5.74) is 0.830. The molecular formula is C10H10BrFN4. The van der Waals surface area contributed by atoms with E-state index in [1.807, 2.05) is 7.05 Å². The molecule has 1 aromatic carbocycles. The highest BCUT2D eigenvalue weighted by molar-refractivity contribution is 9.10. The zero-order valence-electron chi connectivity index (χ0n) is 8.61. The van der Waals surface area contributed by atoms with Crippen LogP contribution in [0.3, 0.4) is 0 Å². The minimum Gasteiger partial charge on any atom is -0.378 e. The van der Waals surface area contributed by atoms with Crippen LogP contribution in [0.5, 0.6) is 0 Å². The standard InChI is InChI=1S/C10H10BrFN4/c1-16-10(14-6-15-16)5-13-7-2-3-9(12)8(11)4-7/h2-4,6,13H,5H2,1H3. The molecule has 1 N–H and O–H groups in total. The highest BCUT2D eigenvalue weighted by Gasteiger charge is 2.02. The van der Waals surface area contributed by atoms with Gasteiger partial charge in [-0.2, -0.15) is 5.10 Å². The Labute approximate surface area is 101 Å². The number of anilines is 1. The largest absolute Gasteiger partial charge is 0.378 e. The molecule has 0 saturated heterocycles. The van der Waals surface area contributed by atoms with E-state index in [0.29, 0.717) is 11.0 Å². The third kappa shape index (κ3) is 2.38. The first-order chi connectivity index (χ1) is 7.66. The molecule has 0 radical (unpaired) electrons. The van der Waals surface area contributed by atoms with Crippen LogP contribution in [-0.4, -0.2) is 14.8 Å². The molecule has 0 fully saturated rings. The third-order valence-corrected chi connectivity index (χ3v) is 2.78. The molecule has 6 heteroatoms. The Morgan fingerprint density at radius 2 is 2.31 bits per heavy atom. The first-order valence-electron chi connectivity index (χ1n) is 4.68. The molecule has 0 saturated carbocycles. The first-order valence-corrected chi connectivity index (χ1v) is 5.48. The van der Waals surface area contributed by atoms with Gasteiger partial charge in [-0.25, -0.2) is 9.37 Å². The number of benzene rings is 1. The van der Waals surface area contributed by atoms with Crippen molar-refractivity contribution in [3.63, 3.8) is 0 Å². The fourth-order valence-corrected chi connectivity index (χ4v) is 1.65. The lowest BCUT2D eigenvalue weighted by molar-refractivity contribution is 0.621. The number of aryl methyl sites for hydroxylation is 1. The molecule has 2 aromatic rings. The first kappa shape index (κ1) is 11.1. The van der Waals surface area contributed by atoms with Crippen molar-refractivity contribution in [3.05, 3.63) is 40.6 Å². The van der Waals surface area contributed by atoms with Crippen LogP contribution in [0.4, 0.5) is 10.1 Å². The Morgan fingerprint density at radius 3 is 2.94 bits per heavy atom. The van der Waals surface area contributed by atoms with E-state index >= 15 is 0 Å². The van der Waals surface area contributed by atoms with E-state index in [0.717, 1.165) is 11.5 Å². The second-order valence-electron chi connectivity index (χ2n) is 3.28. The van der Waals surface area contributed by atoms with Crippen molar-refractivity contribution in [2.24, 2.45) is 7.05 Å². The Balaban J connectivity index is 2.05. The Kier molecular flexibility index (Phi) is 3.19. The summed E-state index contributed by atoms with van der Waals surface area (Å²) >= 11 is 3.13. The molecule has 0 atom stereocenters. The van der Waals surface area contributed by atoms with Crippen molar-refractivity contribution >= 4 is 21.6 Å². The van der Waals surface area contributed by atoms with Crippen LogP contribution in [0.1, 0.15) is 5.82 Å². The van der Waals surface area contributed by atoms with E-state index in [2.05, 4.69) is 31.3 Å². The van der Waals surface area contributed by atoms with Crippen molar-refractivity contribution in [1.82, 2.24) is 14.8 Å². The number of hydrogen-bond donors (Lipinski definition) is 1. The number of halogens is 2. The van der Waals surface area contributed by atoms with Crippen molar-refractivity contribution in [3.8, 4) is 0 Å². The molecule has 1 aromatic heterocycles. The lowest BCUT2D eigenvalue weighted by Gasteiger charge is -2.06. The van der Waals surface area contributed by atoms with Gasteiger partial charge in [-0.15, -0.1) is 0 Å². The molecular weight excluding hydrogens is 275 g/mol. The zero-order valence-corrected chi connectivity index (χ0v) is 10.2.